The summed E-state index contributed by atoms with van der Waals surface area (Å²) in [5.41, 5.74) is 12.6. The third kappa shape index (κ3) is 5.21. The highest BCUT2D eigenvalue weighted by molar-refractivity contribution is 6.09. The van der Waals surface area contributed by atoms with E-state index in [1.165, 1.54) is 63.4 Å². The van der Waals surface area contributed by atoms with Gasteiger partial charge in [0.1, 0.15) is 0 Å². The number of aromatic nitrogens is 4. The molecule has 9 rings (SSSR count). The summed E-state index contributed by atoms with van der Waals surface area (Å²) in [5, 5.41) is 2.58. The average molecular weight is 633 g/mol. The molecule has 4 aromatic heterocycles. The standard InChI is InChI=1S/C45H36N4/c1-6-24-45(25-7-1,37-20-22-38(23-21-37)49-43-14-4-2-12-39(43)40-13-3-5-15-44(40)49)36-18-16-32(17-19-36)35-28-41(33-10-8-26-46-30-33)48-42(29-35)34-11-9-27-47-31-34/h2-5,8-23,26-31H,1,6-7,24-25H2. The summed E-state index contributed by atoms with van der Waals surface area (Å²) < 4.78 is 2.41. The Kier molecular flexibility index (Phi) is 7.35. The molecule has 49 heavy (non-hydrogen) atoms. The van der Waals surface area contributed by atoms with Crippen molar-refractivity contribution in [1.29, 1.82) is 0 Å². The second-order valence-corrected chi connectivity index (χ2v) is 13.2. The van der Waals surface area contributed by atoms with Crippen LogP contribution < -0.4 is 0 Å². The smallest absolute Gasteiger partial charge is 0.0731 e. The van der Waals surface area contributed by atoms with Crippen LogP contribution in [0.4, 0.5) is 0 Å². The number of hydrogen-bond acceptors (Lipinski definition) is 3. The van der Waals surface area contributed by atoms with Crippen molar-refractivity contribution >= 4 is 21.8 Å². The lowest BCUT2D eigenvalue weighted by Gasteiger charge is -2.39. The van der Waals surface area contributed by atoms with E-state index in [4.69, 9.17) is 4.98 Å². The molecule has 0 saturated heterocycles. The lowest BCUT2D eigenvalue weighted by atomic mass is 9.65. The van der Waals surface area contributed by atoms with Crippen molar-refractivity contribution in [2.24, 2.45) is 0 Å². The van der Waals surface area contributed by atoms with E-state index in [2.05, 4.69) is 136 Å². The first kappa shape index (κ1) is 29.3. The highest BCUT2D eigenvalue weighted by Crippen LogP contribution is 2.46. The maximum atomic E-state index is 5.02. The highest BCUT2D eigenvalue weighted by Gasteiger charge is 2.35. The molecular formula is C45H36N4. The zero-order chi connectivity index (χ0) is 32.6. The summed E-state index contributed by atoms with van der Waals surface area (Å²) in [4.78, 5) is 13.7. The third-order valence-electron chi connectivity index (χ3n) is 10.5. The minimum atomic E-state index is -0.00386. The van der Waals surface area contributed by atoms with Crippen LogP contribution in [0.5, 0.6) is 0 Å². The minimum Gasteiger partial charge on any atom is -0.309 e. The highest BCUT2D eigenvalue weighted by atomic mass is 15.0. The van der Waals surface area contributed by atoms with Crippen LogP contribution >= 0.6 is 0 Å². The Morgan fingerprint density at radius 1 is 0.469 bits per heavy atom. The predicted octanol–water partition coefficient (Wildman–Crippen LogP) is 11.2. The van der Waals surface area contributed by atoms with Crippen molar-refractivity contribution in [2.45, 2.75) is 37.5 Å². The number of pyridine rings is 3. The van der Waals surface area contributed by atoms with Gasteiger partial charge in [0, 0.05) is 57.8 Å². The number of nitrogens with zero attached hydrogens (tertiary/aromatic N) is 4. The molecule has 4 heteroatoms. The van der Waals surface area contributed by atoms with Crippen LogP contribution in [0.1, 0.15) is 43.2 Å². The molecule has 0 atom stereocenters. The Hall–Kier alpha value is -5.87. The van der Waals surface area contributed by atoms with Crippen LogP contribution in [0.15, 0.2) is 158 Å². The van der Waals surface area contributed by atoms with Gasteiger partial charge in [0.05, 0.1) is 22.4 Å². The fraction of sp³-hybridized carbons (Fsp3) is 0.133. The molecular weight excluding hydrogens is 597 g/mol. The molecule has 236 valence electrons. The molecule has 0 bridgehead atoms. The summed E-state index contributed by atoms with van der Waals surface area (Å²) in [6.45, 7) is 0. The van der Waals surface area contributed by atoms with Crippen LogP contribution in [-0.2, 0) is 5.41 Å². The van der Waals surface area contributed by atoms with Gasteiger partial charge < -0.3 is 4.57 Å². The second kappa shape index (κ2) is 12.3. The van der Waals surface area contributed by atoms with Crippen molar-refractivity contribution in [1.82, 2.24) is 19.5 Å². The van der Waals surface area contributed by atoms with Gasteiger partial charge in [-0.15, -0.1) is 0 Å². The number of para-hydroxylation sites is 2. The van der Waals surface area contributed by atoms with E-state index < -0.39 is 0 Å². The minimum absolute atomic E-state index is 0.00386. The first-order chi connectivity index (χ1) is 24.3. The fourth-order valence-corrected chi connectivity index (χ4v) is 8.03. The number of benzene rings is 4. The SMILES string of the molecule is c1cncc(-c2cc(-c3ccc(C4(c5ccc(-n6c7ccccc7c7ccccc76)cc5)CCCCC4)cc3)cc(-c3cccnc3)n2)c1. The molecule has 0 aliphatic heterocycles. The first-order valence-corrected chi connectivity index (χ1v) is 17.3. The molecule has 4 heterocycles. The van der Waals surface area contributed by atoms with Gasteiger partial charge in [-0.25, -0.2) is 4.98 Å². The van der Waals surface area contributed by atoms with Gasteiger partial charge in [-0.05, 0) is 95.8 Å². The number of fused-ring (bicyclic) bond motifs is 3. The zero-order valence-corrected chi connectivity index (χ0v) is 27.3. The molecule has 4 nitrogen and oxygen atoms in total. The van der Waals surface area contributed by atoms with E-state index in [1.807, 2.05) is 24.5 Å². The fourth-order valence-electron chi connectivity index (χ4n) is 8.03. The number of rotatable bonds is 6. The van der Waals surface area contributed by atoms with Crippen LogP contribution in [0.3, 0.4) is 0 Å². The Balaban J connectivity index is 1.10. The van der Waals surface area contributed by atoms with Gasteiger partial charge in [0.25, 0.3) is 0 Å². The molecule has 0 unspecified atom stereocenters. The van der Waals surface area contributed by atoms with Crippen molar-refractivity contribution in [3.8, 4) is 39.3 Å². The molecule has 0 spiro atoms. The number of hydrogen-bond donors (Lipinski definition) is 0. The van der Waals surface area contributed by atoms with E-state index in [0.717, 1.165) is 40.9 Å². The van der Waals surface area contributed by atoms with Crippen LogP contribution in [-0.4, -0.2) is 19.5 Å². The summed E-state index contributed by atoms with van der Waals surface area (Å²) >= 11 is 0. The Bertz CT molecular complexity index is 2280. The molecule has 1 aliphatic carbocycles. The van der Waals surface area contributed by atoms with Crippen LogP contribution in [0, 0.1) is 0 Å². The summed E-state index contributed by atoms with van der Waals surface area (Å²) in [5.74, 6) is 0. The average Bonchev–Trinajstić information content (AvgIpc) is 3.53. The van der Waals surface area contributed by atoms with Gasteiger partial charge in [-0.2, -0.15) is 0 Å². The Morgan fingerprint density at radius 3 is 1.53 bits per heavy atom. The maximum absolute atomic E-state index is 5.02. The normalized spacial score (nSPS) is 14.3. The van der Waals surface area contributed by atoms with Crippen molar-refractivity contribution in [2.75, 3.05) is 0 Å². The van der Waals surface area contributed by atoms with Gasteiger partial charge in [0.2, 0.25) is 0 Å². The van der Waals surface area contributed by atoms with Crippen LogP contribution in [0.2, 0.25) is 0 Å². The Morgan fingerprint density at radius 2 is 1.00 bits per heavy atom. The third-order valence-corrected chi connectivity index (χ3v) is 10.5. The van der Waals surface area contributed by atoms with E-state index in [9.17, 15) is 0 Å². The van der Waals surface area contributed by atoms with E-state index in [0.29, 0.717) is 0 Å². The summed E-state index contributed by atoms with van der Waals surface area (Å²) in [7, 11) is 0. The van der Waals surface area contributed by atoms with Gasteiger partial charge in [0.15, 0.2) is 0 Å². The Labute approximate surface area is 286 Å². The lowest BCUT2D eigenvalue weighted by molar-refractivity contribution is 0.346. The topological polar surface area (TPSA) is 43.6 Å². The summed E-state index contributed by atoms with van der Waals surface area (Å²) in [6.07, 6.45) is 13.4. The molecule has 4 aromatic carbocycles. The van der Waals surface area contributed by atoms with Gasteiger partial charge >= 0.3 is 0 Å². The molecule has 0 radical (unpaired) electrons. The molecule has 8 aromatic rings. The molecule has 0 N–H and O–H groups in total. The van der Waals surface area contributed by atoms with Crippen molar-refractivity contribution < 1.29 is 0 Å². The zero-order valence-electron chi connectivity index (χ0n) is 27.3. The first-order valence-electron chi connectivity index (χ1n) is 17.3. The van der Waals surface area contributed by atoms with E-state index in [1.54, 1.807) is 12.4 Å². The van der Waals surface area contributed by atoms with Crippen LogP contribution in [0.25, 0.3) is 61.1 Å². The lowest BCUT2D eigenvalue weighted by Crippen LogP contribution is -2.30. The molecule has 0 amide bonds. The quantitative estimate of drug-likeness (QED) is 0.183. The molecule has 1 saturated carbocycles. The van der Waals surface area contributed by atoms with Gasteiger partial charge in [-0.1, -0.05) is 92.1 Å². The van der Waals surface area contributed by atoms with E-state index in [-0.39, 0.29) is 5.41 Å². The van der Waals surface area contributed by atoms with Crippen molar-refractivity contribution in [3.05, 3.63) is 169 Å². The largest absolute Gasteiger partial charge is 0.309 e. The van der Waals surface area contributed by atoms with Gasteiger partial charge in [-0.3, -0.25) is 9.97 Å². The molecule has 1 fully saturated rings. The summed E-state index contributed by atoms with van der Waals surface area (Å²) in [6, 6.07) is 48.6. The predicted molar refractivity (Wildman–Crippen MR) is 201 cm³/mol. The molecule has 1 aliphatic rings. The maximum Gasteiger partial charge on any atom is 0.0731 e. The van der Waals surface area contributed by atoms with Crippen molar-refractivity contribution in [3.63, 3.8) is 0 Å². The second-order valence-electron chi connectivity index (χ2n) is 13.2. The van der Waals surface area contributed by atoms with E-state index >= 15 is 0 Å². The monoisotopic (exact) mass is 632 g/mol.